The minimum atomic E-state index is -0.797. The van der Waals surface area contributed by atoms with Gasteiger partial charge in [-0.3, -0.25) is 9.59 Å². The van der Waals surface area contributed by atoms with Crippen LogP contribution < -0.4 is 10.6 Å². The zero-order valence-corrected chi connectivity index (χ0v) is 11.7. The molecule has 5 heteroatoms. The first-order chi connectivity index (χ1) is 9.58. The van der Waals surface area contributed by atoms with Gasteiger partial charge < -0.3 is 10.6 Å². The fourth-order valence-electron chi connectivity index (χ4n) is 1.75. The predicted molar refractivity (Wildman–Crippen MR) is 75.5 cm³/mol. The Balaban J connectivity index is 2.60. The SMILES string of the molecule is CCNC(=O)C(C)NC(=O)C(C#N)Cc1ccccc1. The molecule has 2 amide bonds. The van der Waals surface area contributed by atoms with E-state index in [4.69, 9.17) is 5.26 Å². The molecule has 2 unspecified atom stereocenters. The van der Waals surface area contributed by atoms with Crippen molar-refractivity contribution in [2.75, 3.05) is 6.54 Å². The van der Waals surface area contributed by atoms with Gasteiger partial charge in [-0.15, -0.1) is 0 Å². The van der Waals surface area contributed by atoms with Crippen molar-refractivity contribution in [2.45, 2.75) is 26.3 Å². The zero-order valence-electron chi connectivity index (χ0n) is 11.7. The monoisotopic (exact) mass is 273 g/mol. The molecular weight excluding hydrogens is 254 g/mol. The van der Waals surface area contributed by atoms with Gasteiger partial charge in [0, 0.05) is 6.54 Å². The quantitative estimate of drug-likeness (QED) is 0.811. The lowest BCUT2D eigenvalue weighted by Crippen LogP contribution is -2.46. The van der Waals surface area contributed by atoms with Crippen molar-refractivity contribution in [3.8, 4) is 6.07 Å². The molecule has 0 aliphatic heterocycles. The lowest BCUT2D eigenvalue weighted by Gasteiger charge is -2.15. The zero-order chi connectivity index (χ0) is 15.0. The Morgan fingerprint density at radius 3 is 2.45 bits per heavy atom. The molecule has 0 spiro atoms. The number of carbonyl (C=O) groups is 2. The standard InChI is InChI=1S/C15H19N3O2/c1-3-17-14(19)11(2)18-15(20)13(10-16)9-12-7-5-4-6-8-12/h4-8,11,13H,3,9H2,1-2H3,(H,17,19)(H,18,20). The lowest BCUT2D eigenvalue weighted by molar-refractivity contribution is -0.129. The van der Waals surface area contributed by atoms with Crippen LogP contribution in [0, 0.1) is 17.2 Å². The summed E-state index contributed by atoms with van der Waals surface area (Å²) < 4.78 is 0. The molecule has 0 saturated carbocycles. The summed E-state index contributed by atoms with van der Waals surface area (Å²) in [6, 6.07) is 10.7. The predicted octanol–water partition coefficient (Wildman–Crippen LogP) is 1.01. The molecule has 1 aromatic carbocycles. The summed E-state index contributed by atoms with van der Waals surface area (Å²) in [5.74, 6) is -1.47. The van der Waals surface area contributed by atoms with E-state index in [0.29, 0.717) is 13.0 Å². The molecule has 5 nitrogen and oxygen atoms in total. The Kier molecular flexibility index (Phi) is 6.24. The van der Waals surface area contributed by atoms with Gasteiger partial charge in [-0.05, 0) is 25.8 Å². The number of nitrogens with zero attached hydrogens (tertiary/aromatic N) is 1. The maximum atomic E-state index is 12.0. The first-order valence-electron chi connectivity index (χ1n) is 6.60. The van der Waals surface area contributed by atoms with Crippen LogP contribution in [0.5, 0.6) is 0 Å². The van der Waals surface area contributed by atoms with E-state index in [1.54, 1.807) is 13.8 Å². The molecule has 2 atom stereocenters. The highest BCUT2D eigenvalue weighted by Gasteiger charge is 2.22. The summed E-state index contributed by atoms with van der Waals surface area (Å²) in [4.78, 5) is 23.5. The molecule has 106 valence electrons. The Bertz CT molecular complexity index is 494. The molecule has 1 rings (SSSR count). The summed E-state index contributed by atoms with van der Waals surface area (Å²) in [7, 11) is 0. The van der Waals surface area contributed by atoms with E-state index in [9.17, 15) is 9.59 Å². The molecule has 0 aliphatic rings. The highest BCUT2D eigenvalue weighted by Crippen LogP contribution is 2.08. The number of hydrogen-bond acceptors (Lipinski definition) is 3. The normalized spacial score (nSPS) is 12.8. The van der Waals surface area contributed by atoms with Crippen LogP contribution in [0.3, 0.4) is 0 Å². The number of benzene rings is 1. The Labute approximate surface area is 119 Å². The van der Waals surface area contributed by atoms with Crippen LogP contribution in [0.4, 0.5) is 0 Å². The van der Waals surface area contributed by atoms with E-state index in [-0.39, 0.29) is 5.91 Å². The second-order valence-corrected chi connectivity index (χ2v) is 4.50. The highest BCUT2D eigenvalue weighted by molar-refractivity contribution is 5.89. The van der Waals surface area contributed by atoms with Gasteiger partial charge in [0.2, 0.25) is 11.8 Å². The molecule has 0 fully saturated rings. The maximum absolute atomic E-state index is 12.0. The fraction of sp³-hybridized carbons (Fsp3) is 0.400. The summed E-state index contributed by atoms with van der Waals surface area (Å²) in [6.07, 6.45) is 0.339. The number of amides is 2. The molecule has 0 aliphatic carbocycles. The van der Waals surface area contributed by atoms with E-state index in [0.717, 1.165) is 5.56 Å². The van der Waals surface area contributed by atoms with E-state index in [1.807, 2.05) is 36.4 Å². The summed E-state index contributed by atoms with van der Waals surface area (Å²) in [5, 5.41) is 14.3. The molecule has 0 heterocycles. The third-order valence-corrected chi connectivity index (χ3v) is 2.86. The Morgan fingerprint density at radius 1 is 1.25 bits per heavy atom. The van der Waals surface area contributed by atoms with Gasteiger partial charge in [-0.1, -0.05) is 30.3 Å². The second kappa shape index (κ2) is 7.95. The average Bonchev–Trinajstić information content (AvgIpc) is 2.45. The minimum Gasteiger partial charge on any atom is -0.355 e. The number of carbonyl (C=O) groups excluding carboxylic acids is 2. The largest absolute Gasteiger partial charge is 0.355 e. The lowest BCUT2D eigenvalue weighted by atomic mass is 9.99. The smallest absolute Gasteiger partial charge is 0.242 e. The number of likely N-dealkylation sites (N-methyl/N-ethyl adjacent to an activating group) is 1. The van der Waals surface area contributed by atoms with Crippen LogP contribution in [-0.2, 0) is 16.0 Å². The molecular formula is C15H19N3O2. The molecule has 0 saturated heterocycles. The highest BCUT2D eigenvalue weighted by atomic mass is 16.2. The van der Waals surface area contributed by atoms with Crippen LogP contribution in [0.25, 0.3) is 0 Å². The van der Waals surface area contributed by atoms with Crippen molar-refractivity contribution in [3.05, 3.63) is 35.9 Å². The van der Waals surface area contributed by atoms with E-state index in [1.165, 1.54) is 0 Å². The van der Waals surface area contributed by atoms with Crippen molar-refractivity contribution < 1.29 is 9.59 Å². The molecule has 1 aromatic rings. The van der Waals surface area contributed by atoms with Gasteiger partial charge in [0.25, 0.3) is 0 Å². The second-order valence-electron chi connectivity index (χ2n) is 4.50. The molecule has 20 heavy (non-hydrogen) atoms. The van der Waals surface area contributed by atoms with E-state index >= 15 is 0 Å². The summed E-state index contributed by atoms with van der Waals surface area (Å²) in [6.45, 7) is 3.91. The number of nitriles is 1. The van der Waals surface area contributed by atoms with Crippen LogP contribution in [0.1, 0.15) is 19.4 Å². The van der Waals surface area contributed by atoms with Gasteiger partial charge in [0.1, 0.15) is 12.0 Å². The van der Waals surface area contributed by atoms with Gasteiger partial charge in [-0.2, -0.15) is 5.26 Å². The van der Waals surface area contributed by atoms with Crippen molar-refractivity contribution in [1.29, 1.82) is 5.26 Å². The maximum Gasteiger partial charge on any atom is 0.242 e. The third kappa shape index (κ3) is 4.73. The Morgan fingerprint density at radius 2 is 1.90 bits per heavy atom. The third-order valence-electron chi connectivity index (χ3n) is 2.86. The van der Waals surface area contributed by atoms with Crippen LogP contribution in [0.2, 0.25) is 0 Å². The van der Waals surface area contributed by atoms with E-state index in [2.05, 4.69) is 10.6 Å². The summed E-state index contributed by atoms with van der Waals surface area (Å²) in [5.41, 5.74) is 0.917. The van der Waals surface area contributed by atoms with Gasteiger partial charge >= 0.3 is 0 Å². The topological polar surface area (TPSA) is 82.0 Å². The molecule has 0 radical (unpaired) electrons. The van der Waals surface area contributed by atoms with Gasteiger partial charge in [0.15, 0.2) is 0 Å². The van der Waals surface area contributed by atoms with Crippen LogP contribution >= 0.6 is 0 Å². The minimum absolute atomic E-state index is 0.253. The van der Waals surface area contributed by atoms with Crippen molar-refractivity contribution in [1.82, 2.24) is 10.6 Å². The fourth-order valence-corrected chi connectivity index (χ4v) is 1.75. The summed E-state index contributed by atoms with van der Waals surface area (Å²) >= 11 is 0. The van der Waals surface area contributed by atoms with Gasteiger partial charge in [0.05, 0.1) is 6.07 Å². The first-order valence-corrected chi connectivity index (χ1v) is 6.60. The number of hydrogen-bond donors (Lipinski definition) is 2. The molecule has 0 bridgehead atoms. The first kappa shape index (κ1) is 15.7. The van der Waals surface area contributed by atoms with Crippen LogP contribution in [0.15, 0.2) is 30.3 Å². The average molecular weight is 273 g/mol. The number of rotatable bonds is 6. The number of nitrogens with one attached hydrogen (secondary N) is 2. The van der Waals surface area contributed by atoms with Crippen LogP contribution in [-0.4, -0.2) is 24.4 Å². The Hall–Kier alpha value is -2.35. The molecule has 0 aromatic heterocycles. The van der Waals surface area contributed by atoms with Crippen molar-refractivity contribution in [2.24, 2.45) is 5.92 Å². The van der Waals surface area contributed by atoms with Crippen molar-refractivity contribution in [3.63, 3.8) is 0 Å². The van der Waals surface area contributed by atoms with E-state index < -0.39 is 17.9 Å². The van der Waals surface area contributed by atoms with Gasteiger partial charge in [-0.25, -0.2) is 0 Å². The van der Waals surface area contributed by atoms with Crippen molar-refractivity contribution >= 4 is 11.8 Å². The molecule has 2 N–H and O–H groups in total.